The minimum Gasteiger partial charge on any atom is -0.355 e. The lowest BCUT2D eigenvalue weighted by molar-refractivity contribution is 0.0960. The summed E-state index contributed by atoms with van der Waals surface area (Å²) in [6, 6.07) is 8.06. The summed E-state index contributed by atoms with van der Waals surface area (Å²) in [6.45, 7) is 5.34. The Labute approximate surface area is 170 Å². The summed E-state index contributed by atoms with van der Waals surface area (Å²) in [5.74, 6) is -1.84. The molecule has 0 aliphatic rings. The maximum Gasteiger partial charge on any atom is 0.255 e. The second kappa shape index (κ2) is 9.15. The first-order chi connectivity index (χ1) is 13.7. The van der Waals surface area contributed by atoms with Gasteiger partial charge >= 0.3 is 0 Å². The van der Waals surface area contributed by atoms with Crippen LogP contribution in [0.4, 0.5) is 10.1 Å². The average molecular weight is 421 g/mol. The highest BCUT2D eigenvalue weighted by molar-refractivity contribution is 7.89. The van der Waals surface area contributed by atoms with Gasteiger partial charge in [0.25, 0.3) is 11.8 Å². The summed E-state index contributed by atoms with van der Waals surface area (Å²) in [4.78, 5) is 24.0. The van der Waals surface area contributed by atoms with Crippen LogP contribution in [0, 0.1) is 12.7 Å². The zero-order valence-electron chi connectivity index (χ0n) is 16.7. The molecule has 0 heterocycles. The van der Waals surface area contributed by atoms with Gasteiger partial charge in [-0.3, -0.25) is 9.59 Å². The van der Waals surface area contributed by atoms with E-state index in [1.54, 1.807) is 39.0 Å². The number of nitrogens with zero attached hydrogens (tertiary/aromatic N) is 1. The monoisotopic (exact) mass is 421 g/mol. The number of carbonyl (C=O) groups excluding carboxylic acids is 2. The van der Waals surface area contributed by atoms with Crippen LogP contribution >= 0.6 is 0 Å². The molecule has 2 aromatic rings. The van der Waals surface area contributed by atoms with Crippen molar-refractivity contribution in [1.82, 2.24) is 9.62 Å². The molecule has 2 rings (SSSR count). The molecule has 0 spiro atoms. The van der Waals surface area contributed by atoms with E-state index in [4.69, 9.17) is 0 Å². The van der Waals surface area contributed by atoms with Gasteiger partial charge in [-0.15, -0.1) is 0 Å². The molecular weight excluding hydrogens is 397 g/mol. The van der Waals surface area contributed by atoms with E-state index in [2.05, 4.69) is 10.6 Å². The van der Waals surface area contributed by atoms with Crippen LogP contribution in [0.5, 0.6) is 0 Å². The van der Waals surface area contributed by atoms with E-state index in [9.17, 15) is 22.4 Å². The summed E-state index contributed by atoms with van der Waals surface area (Å²) < 4.78 is 40.7. The van der Waals surface area contributed by atoms with Gasteiger partial charge in [-0.1, -0.05) is 19.9 Å². The number of nitrogens with one attached hydrogen (secondary N) is 2. The average Bonchev–Trinajstić information content (AvgIpc) is 2.69. The third-order valence-electron chi connectivity index (χ3n) is 4.57. The Kier molecular flexibility index (Phi) is 7.10. The lowest BCUT2D eigenvalue weighted by Crippen LogP contribution is -2.31. The van der Waals surface area contributed by atoms with Crippen molar-refractivity contribution in [1.29, 1.82) is 0 Å². The van der Waals surface area contributed by atoms with Crippen LogP contribution in [0.25, 0.3) is 0 Å². The molecule has 9 heteroatoms. The number of rotatable bonds is 7. The van der Waals surface area contributed by atoms with Crippen molar-refractivity contribution < 1.29 is 22.4 Å². The van der Waals surface area contributed by atoms with Crippen LogP contribution in [0.15, 0.2) is 41.3 Å². The lowest BCUT2D eigenvalue weighted by atomic mass is 10.1. The summed E-state index contributed by atoms with van der Waals surface area (Å²) in [7, 11) is -2.56. The predicted molar refractivity (Wildman–Crippen MR) is 109 cm³/mol. The van der Waals surface area contributed by atoms with Gasteiger partial charge in [0.1, 0.15) is 10.7 Å². The number of anilines is 1. The summed E-state index contributed by atoms with van der Waals surface area (Å²) in [6.07, 6.45) is 0. The van der Waals surface area contributed by atoms with Crippen molar-refractivity contribution in [3.63, 3.8) is 0 Å². The highest BCUT2D eigenvalue weighted by Gasteiger charge is 2.26. The first kappa shape index (κ1) is 22.5. The van der Waals surface area contributed by atoms with Crippen molar-refractivity contribution in [2.75, 3.05) is 25.5 Å². The van der Waals surface area contributed by atoms with Crippen LogP contribution in [0.1, 0.15) is 40.1 Å². The number of carbonyl (C=O) groups is 2. The maximum absolute atomic E-state index is 14.3. The van der Waals surface area contributed by atoms with Crippen LogP contribution in [0.3, 0.4) is 0 Å². The van der Waals surface area contributed by atoms with E-state index in [-0.39, 0.29) is 24.6 Å². The van der Waals surface area contributed by atoms with Crippen molar-refractivity contribution in [3.8, 4) is 0 Å². The molecule has 0 saturated carbocycles. The van der Waals surface area contributed by atoms with Crippen molar-refractivity contribution >= 4 is 27.5 Å². The zero-order chi connectivity index (χ0) is 21.8. The zero-order valence-corrected chi connectivity index (χ0v) is 17.6. The fraction of sp³-hybridized carbons (Fsp3) is 0.300. The third-order valence-corrected chi connectivity index (χ3v) is 6.64. The minimum absolute atomic E-state index is 0.0122. The lowest BCUT2D eigenvalue weighted by Gasteiger charge is -2.19. The molecule has 0 aliphatic carbocycles. The van der Waals surface area contributed by atoms with Crippen molar-refractivity contribution in [2.45, 2.75) is 25.7 Å². The fourth-order valence-corrected chi connectivity index (χ4v) is 4.44. The Morgan fingerprint density at radius 2 is 1.72 bits per heavy atom. The standard InChI is InChI=1S/C20H24FN3O4S/c1-5-24(6-2)29(27,28)18-12-14(10-11-16(18)21)19(25)23-17-9-7-8-15(13(17)3)20(26)22-4/h7-12H,5-6H2,1-4H3,(H,22,26)(H,23,25). The predicted octanol–water partition coefficient (Wildman–Crippen LogP) is 2.78. The normalized spacial score (nSPS) is 11.4. The largest absolute Gasteiger partial charge is 0.355 e. The number of benzene rings is 2. The van der Waals surface area contributed by atoms with E-state index in [1.807, 2.05) is 0 Å². The van der Waals surface area contributed by atoms with Gasteiger partial charge in [-0.2, -0.15) is 4.31 Å². The second-order valence-electron chi connectivity index (χ2n) is 6.25. The second-order valence-corrected chi connectivity index (χ2v) is 8.15. The fourth-order valence-electron chi connectivity index (χ4n) is 2.89. The van der Waals surface area contributed by atoms with Crippen molar-refractivity contribution in [3.05, 3.63) is 58.9 Å². The first-order valence-corrected chi connectivity index (χ1v) is 10.5. The molecule has 156 valence electrons. The van der Waals surface area contributed by atoms with Gasteiger partial charge in [0.2, 0.25) is 10.0 Å². The summed E-state index contributed by atoms with van der Waals surface area (Å²) >= 11 is 0. The molecule has 0 aliphatic heterocycles. The minimum atomic E-state index is -4.06. The number of halogens is 1. The van der Waals surface area contributed by atoms with Gasteiger partial charge in [-0.25, -0.2) is 12.8 Å². The molecule has 2 aromatic carbocycles. The molecule has 0 fully saturated rings. The van der Waals surface area contributed by atoms with Crippen LogP contribution in [0.2, 0.25) is 0 Å². The SMILES string of the molecule is CCN(CC)S(=O)(=O)c1cc(C(=O)Nc2cccc(C(=O)NC)c2C)ccc1F. The third kappa shape index (κ3) is 4.63. The van der Waals surface area contributed by atoms with Crippen LogP contribution in [-0.2, 0) is 10.0 Å². The molecule has 0 saturated heterocycles. The van der Waals surface area contributed by atoms with E-state index < -0.39 is 26.6 Å². The number of hydrogen-bond donors (Lipinski definition) is 2. The van der Waals surface area contributed by atoms with Crippen LogP contribution < -0.4 is 10.6 Å². The Morgan fingerprint density at radius 1 is 1.07 bits per heavy atom. The Morgan fingerprint density at radius 3 is 2.31 bits per heavy atom. The van der Waals surface area contributed by atoms with E-state index >= 15 is 0 Å². The molecule has 7 nitrogen and oxygen atoms in total. The number of amides is 2. The molecule has 0 aromatic heterocycles. The topological polar surface area (TPSA) is 95.6 Å². The molecular formula is C20H24FN3O4S. The highest BCUT2D eigenvalue weighted by atomic mass is 32.2. The summed E-state index contributed by atoms with van der Waals surface area (Å²) in [5.41, 5.74) is 1.34. The van der Waals surface area contributed by atoms with Gasteiger partial charge in [0.05, 0.1) is 0 Å². The van der Waals surface area contributed by atoms with E-state index in [0.717, 1.165) is 16.4 Å². The first-order valence-electron chi connectivity index (χ1n) is 9.10. The van der Waals surface area contributed by atoms with Gasteiger partial charge < -0.3 is 10.6 Å². The molecule has 2 N–H and O–H groups in total. The smallest absolute Gasteiger partial charge is 0.255 e. The molecule has 29 heavy (non-hydrogen) atoms. The van der Waals surface area contributed by atoms with Crippen molar-refractivity contribution in [2.24, 2.45) is 0 Å². The molecule has 2 amide bonds. The van der Waals surface area contributed by atoms with Gasteiger partial charge in [-0.05, 0) is 42.8 Å². The quantitative estimate of drug-likeness (QED) is 0.719. The molecule has 0 unspecified atom stereocenters. The van der Waals surface area contributed by atoms with E-state index in [1.165, 1.54) is 13.1 Å². The maximum atomic E-state index is 14.3. The summed E-state index contributed by atoms with van der Waals surface area (Å²) in [5, 5.41) is 5.17. The Bertz CT molecular complexity index is 1030. The molecule has 0 bridgehead atoms. The number of hydrogen-bond acceptors (Lipinski definition) is 4. The molecule has 0 radical (unpaired) electrons. The van der Waals surface area contributed by atoms with Crippen LogP contribution in [-0.4, -0.2) is 44.7 Å². The molecule has 0 atom stereocenters. The van der Waals surface area contributed by atoms with Gasteiger partial charge in [0.15, 0.2) is 0 Å². The highest BCUT2D eigenvalue weighted by Crippen LogP contribution is 2.23. The number of sulfonamides is 1. The van der Waals surface area contributed by atoms with Gasteiger partial charge in [0, 0.05) is 37.0 Å². The Balaban J connectivity index is 2.40. The Hall–Kier alpha value is -2.78. The van der Waals surface area contributed by atoms with E-state index in [0.29, 0.717) is 16.8 Å².